The zero-order valence-electron chi connectivity index (χ0n) is 20.9. The van der Waals surface area contributed by atoms with Gasteiger partial charge in [0.15, 0.2) is 0 Å². The van der Waals surface area contributed by atoms with Crippen molar-refractivity contribution in [1.82, 2.24) is 19.9 Å². The summed E-state index contributed by atoms with van der Waals surface area (Å²) >= 11 is 0. The molecule has 2 aromatic carbocycles. The standard InChI is InChI=1S/C16H9N2.C14H15N2.B.Ir.Y/c1-2-10-18-16(8-1)14-6-3-5-13(11-14)15-7-4-9-17-12-15;1-14(2,3)12-9-10-15-13(16-12)11-7-5-4-6-8-11;;;/h1-5,7-10H;4-7,9-10H,1-3H3;;;/q-3;-1;;;. The minimum Gasteiger partial charge on any atom is -0.360 e. The molecule has 0 aliphatic rings. The summed E-state index contributed by atoms with van der Waals surface area (Å²) in [4.78, 5) is 17.1. The van der Waals surface area contributed by atoms with Crippen LogP contribution in [-0.4, -0.2) is 28.3 Å². The Labute approximate surface area is 260 Å². The van der Waals surface area contributed by atoms with Crippen molar-refractivity contribution >= 4 is 8.41 Å². The topological polar surface area (TPSA) is 51.6 Å². The minimum absolute atomic E-state index is 0. The summed E-state index contributed by atoms with van der Waals surface area (Å²) in [7, 11) is 0. The summed E-state index contributed by atoms with van der Waals surface area (Å²) in [6, 6.07) is 32.7. The summed E-state index contributed by atoms with van der Waals surface area (Å²) in [5, 5.41) is 0. The molecular weight excluding hydrogens is 708 g/mol. The second-order valence-corrected chi connectivity index (χ2v) is 8.56. The van der Waals surface area contributed by atoms with Crippen molar-refractivity contribution in [2.45, 2.75) is 26.2 Å². The van der Waals surface area contributed by atoms with Crippen LogP contribution >= 0.6 is 0 Å². The fourth-order valence-electron chi connectivity index (χ4n) is 3.14. The van der Waals surface area contributed by atoms with Crippen LogP contribution in [0, 0.1) is 24.4 Å². The van der Waals surface area contributed by atoms with Crippen LogP contribution in [0.1, 0.15) is 26.5 Å². The molecule has 4 nitrogen and oxygen atoms in total. The van der Waals surface area contributed by atoms with Gasteiger partial charge in [0.25, 0.3) is 0 Å². The van der Waals surface area contributed by atoms with Gasteiger partial charge >= 0.3 is 0 Å². The van der Waals surface area contributed by atoms with Gasteiger partial charge in [-0.25, -0.2) is 6.07 Å². The number of pyridine rings is 2. The first-order valence-electron chi connectivity index (χ1n) is 11.0. The zero-order valence-corrected chi connectivity index (χ0v) is 26.2. The molecule has 0 aliphatic carbocycles. The first kappa shape index (κ1) is 32.7. The monoisotopic (exact) mass is 733 g/mol. The number of rotatable bonds is 3. The third-order valence-electron chi connectivity index (χ3n) is 4.93. The van der Waals surface area contributed by atoms with Crippen molar-refractivity contribution in [3.63, 3.8) is 0 Å². The Morgan fingerprint density at radius 3 is 2.14 bits per heavy atom. The summed E-state index contributed by atoms with van der Waals surface area (Å²) in [6.07, 6.45) is 8.23. The van der Waals surface area contributed by atoms with Crippen LogP contribution in [0.4, 0.5) is 0 Å². The molecule has 0 fully saturated rings. The second kappa shape index (κ2) is 15.8. The number of hydrogen-bond acceptors (Lipinski definition) is 4. The van der Waals surface area contributed by atoms with Gasteiger partial charge in [-0.15, -0.1) is 54.1 Å². The molecule has 5 rings (SSSR count). The van der Waals surface area contributed by atoms with Gasteiger partial charge in [0.2, 0.25) is 0 Å². The van der Waals surface area contributed by atoms with E-state index in [0.717, 1.165) is 39.5 Å². The van der Waals surface area contributed by atoms with E-state index in [4.69, 9.17) is 0 Å². The Bertz CT molecular complexity index is 1280. The third kappa shape index (κ3) is 9.47. The van der Waals surface area contributed by atoms with E-state index in [0.29, 0.717) is 0 Å². The van der Waals surface area contributed by atoms with Crippen LogP contribution < -0.4 is 0 Å². The first-order valence-corrected chi connectivity index (χ1v) is 11.0. The fourth-order valence-corrected chi connectivity index (χ4v) is 3.14. The molecule has 0 N–H and O–H groups in total. The molecule has 183 valence electrons. The molecule has 0 bridgehead atoms. The maximum Gasteiger partial charge on any atom is 0.0751 e. The van der Waals surface area contributed by atoms with Crippen LogP contribution in [0.15, 0.2) is 91.4 Å². The molecule has 5 aromatic rings. The van der Waals surface area contributed by atoms with Gasteiger partial charge < -0.3 is 16.0 Å². The van der Waals surface area contributed by atoms with Crippen molar-refractivity contribution in [1.29, 1.82) is 0 Å². The Balaban J connectivity index is 0.000000344. The Hall–Kier alpha value is -2.36. The van der Waals surface area contributed by atoms with E-state index in [-0.39, 0.29) is 66.6 Å². The Morgan fingerprint density at radius 2 is 1.49 bits per heavy atom. The van der Waals surface area contributed by atoms with Gasteiger partial charge in [0.05, 0.1) is 5.82 Å². The minimum atomic E-state index is 0. The summed E-state index contributed by atoms with van der Waals surface area (Å²) in [5.41, 5.74) is 5.62. The van der Waals surface area contributed by atoms with Gasteiger partial charge in [-0.05, 0) is 18.3 Å². The molecule has 3 aromatic heterocycles. The van der Waals surface area contributed by atoms with E-state index in [9.17, 15) is 0 Å². The molecule has 0 amide bonds. The van der Waals surface area contributed by atoms with Crippen LogP contribution in [-0.2, 0) is 58.2 Å². The van der Waals surface area contributed by atoms with E-state index < -0.39 is 0 Å². The van der Waals surface area contributed by atoms with E-state index in [2.05, 4.69) is 65.1 Å². The normalized spacial score (nSPS) is 9.92. The Kier molecular flexibility index (Phi) is 13.9. The summed E-state index contributed by atoms with van der Waals surface area (Å²) in [5.74, 6) is 0.744. The maximum absolute atomic E-state index is 4.57. The second-order valence-electron chi connectivity index (χ2n) is 8.56. The van der Waals surface area contributed by atoms with Crippen molar-refractivity contribution < 1.29 is 52.8 Å². The number of hydrogen-bond donors (Lipinski definition) is 0. The first-order chi connectivity index (χ1) is 16.5. The predicted octanol–water partition coefficient (Wildman–Crippen LogP) is 6.07. The molecule has 0 aliphatic heterocycles. The van der Waals surface area contributed by atoms with Gasteiger partial charge in [-0.1, -0.05) is 38.7 Å². The SMILES string of the molecule is CC(C)(C)c1ccnc(-c2[c-]cccc2)n1.[B].[Ir].[Y].[c-]1ccc(-c2[c-]nccc2)[c-]c1-c1ccccn1. The van der Waals surface area contributed by atoms with E-state index >= 15 is 0 Å². The quantitative estimate of drug-likeness (QED) is 0.167. The van der Waals surface area contributed by atoms with E-state index in [1.54, 1.807) is 12.4 Å². The summed E-state index contributed by atoms with van der Waals surface area (Å²) < 4.78 is 0. The number of benzene rings is 2. The van der Waals surface area contributed by atoms with Crippen molar-refractivity contribution in [3.8, 4) is 33.8 Å². The van der Waals surface area contributed by atoms with E-state index in [1.807, 2.05) is 79.0 Å². The molecule has 0 saturated carbocycles. The van der Waals surface area contributed by atoms with Crippen LogP contribution in [0.3, 0.4) is 0 Å². The molecule has 0 atom stereocenters. The van der Waals surface area contributed by atoms with Gasteiger partial charge in [-0.2, -0.15) is 5.56 Å². The average Bonchev–Trinajstić information content (AvgIpc) is 2.90. The van der Waals surface area contributed by atoms with Crippen molar-refractivity contribution in [2.24, 2.45) is 0 Å². The number of nitrogens with zero attached hydrogens (tertiary/aromatic N) is 4. The maximum atomic E-state index is 4.57. The van der Waals surface area contributed by atoms with Crippen molar-refractivity contribution in [3.05, 3.63) is 121 Å². The number of aromatic nitrogens is 4. The molecule has 7 heteroatoms. The smallest absolute Gasteiger partial charge is 0.0751 e. The molecule has 37 heavy (non-hydrogen) atoms. The van der Waals surface area contributed by atoms with Crippen molar-refractivity contribution in [2.75, 3.05) is 0 Å². The summed E-state index contributed by atoms with van der Waals surface area (Å²) in [6.45, 7) is 6.44. The molecular formula is C30H24BIrN4Y-4. The average molecular weight is 732 g/mol. The van der Waals surface area contributed by atoms with Gasteiger partial charge in [0.1, 0.15) is 0 Å². The third-order valence-corrected chi connectivity index (χ3v) is 4.93. The molecule has 3 heterocycles. The Morgan fingerprint density at radius 1 is 0.703 bits per heavy atom. The largest absolute Gasteiger partial charge is 0.360 e. The zero-order chi connectivity index (χ0) is 23.8. The fraction of sp³-hybridized carbons (Fsp3) is 0.133. The van der Waals surface area contributed by atoms with E-state index in [1.165, 1.54) is 0 Å². The van der Waals surface area contributed by atoms with Crippen LogP contribution in [0.25, 0.3) is 33.8 Å². The molecule has 0 spiro atoms. The molecule has 0 saturated heterocycles. The predicted molar refractivity (Wildman–Crippen MR) is 140 cm³/mol. The molecule has 5 radical (unpaired) electrons. The molecule has 0 unspecified atom stereocenters. The van der Waals surface area contributed by atoms with Gasteiger partial charge in [0, 0.05) is 84.7 Å². The van der Waals surface area contributed by atoms with Crippen LogP contribution in [0.2, 0.25) is 0 Å². The van der Waals surface area contributed by atoms with Crippen LogP contribution in [0.5, 0.6) is 0 Å². The van der Waals surface area contributed by atoms with Gasteiger partial charge in [-0.3, -0.25) is 33.2 Å².